The number of piperidine rings is 1. The average molecular weight is 352 g/mol. The fourth-order valence-electron chi connectivity index (χ4n) is 3.45. The summed E-state index contributed by atoms with van der Waals surface area (Å²) in [5, 5.41) is 11.3. The molecular formula is C17H18F2N2O4. The van der Waals surface area contributed by atoms with E-state index >= 15 is 0 Å². The first-order valence-electron chi connectivity index (χ1n) is 8.00. The number of nitrogens with one attached hydrogen (secondary N) is 1. The molecule has 2 unspecified atom stereocenters. The number of nitrogens with zero attached hydrogens (tertiary/aromatic N) is 1. The van der Waals surface area contributed by atoms with Crippen LogP contribution < -0.4 is 5.56 Å². The molecule has 0 bridgehead atoms. The molecule has 6 nitrogen and oxygen atoms in total. The van der Waals surface area contributed by atoms with Gasteiger partial charge >= 0.3 is 5.97 Å². The van der Waals surface area contributed by atoms with Gasteiger partial charge in [0.25, 0.3) is 5.56 Å². The summed E-state index contributed by atoms with van der Waals surface area (Å²) in [6.07, 6.45) is 1.49. The van der Waals surface area contributed by atoms with Gasteiger partial charge in [-0.25, -0.2) is 8.78 Å². The van der Waals surface area contributed by atoms with Crippen molar-refractivity contribution in [1.29, 1.82) is 0 Å². The van der Waals surface area contributed by atoms with Crippen LogP contribution in [0.1, 0.15) is 30.1 Å². The van der Waals surface area contributed by atoms with Gasteiger partial charge in [0.05, 0.1) is 6.54 Å². The van der Waals surface area contributed by atoms with Gasteiger partial charge in [0.15, 0.2) is 0 Å². The van der Waals surface area contributed by atoms with Crippen LogP contribution in [0.5, 0.6) is 0 Å². The number of aromatic amines is 1. The van der Waals surface area contributed by atoms with Crippen molar-refractivity contribution < 1.29 is 23.2 Å². The summed E-state index contributed by atoms with van der Waals surface area (Å²) in [5.74, 6) is -1.81. The van der Waals surface area contributed by atoms with E-state index < -0.39 is 17.6 Å². The van der Waals surface area contributed by atoms with E-state index in [1.165, 1.54) is 18.2 Å². The zero-order chi connectivity index (χ0) is 18.0. The van der Waals surface area contributed by atoms with Crippen molar-refractivity contribution in [2.75, 3.05) is 13.1 Å². The summed E-state index contributed by atoms with van der Waals surface area (Å²) in [5.41, 5.74) is 0.140. The van der Waals surface area contributed by atoms with Crippen LogP contribution >= 0.6 is 0 Å². The van der Waals surface area contributed by atoms with Crippen LogP contribution in [0.2, 0.25) is 0 Å². The molecule has 1 aliphatic heterocycles. The number of benzene rings is 1. The molecule has 134 valence electrons. The maximum atomic E-state index is 13.4. The highest BCUT2D eigenvalue weighted by molar-refractivity contribution is 5.69. The quantitative estimate of drug-likeness (QED) is 0.861. The van der Waals surface area contributed by atoms with E-state index in [1.54, 1.807) is 4.90 Å². The van der Waals surface area contributed by atoms with Gasteiger partial charge in [-0.3, -0.25) is 14.5 Å². The Hall–Kier alpha value is -2.48. The number of halogens is 2. The minimum absolute atomic E-state index is 0.0487. The van der Waals surface area contributed by atoms with E-state index in [0.29, 0.717) is 37.1 Å². The zero-order valence-electron chi connectivity index (χ0n) is 13.4. The molecule has 2 aromatic rings. The van der Waals surface area contributed by atoms with Crippen LogP contribution in [-0.4, -0.2) is 40.3 Å². The molecule has 8 heteroatoms. The highest BCUT2D eigenvalue weighted by atomic mass is 19.1. The van der Waals surface area contributed by atoms with Crippen molar-refractivity contribution in [2.45, 2.75) is 31.2 Å². The summed E-state index contributed by atoms with van der Waals surface area (Å²) >= 11 is 0. The molecule has 2 heterocycles. The Balaban J connectivity index is 1.80. The van der Waals surface area contributed by atoms with Gasteiger partial charge in [0.1, 0.15) is 17.4 Å². The van der Waals surface area contributed by atoms with Crippen LogP contribution in [-0.2, 0) is 11.2 Å². The molecule has 0 radical (unpaired) electrons. The van der Waals surface area contributed by atoms with Crippen LogP contribution in [0.4, 0.5) is 8.78 Å². The molecule has 0 saturated carbocycles. The second-order valence-electron chi connectivity index (χ2n) is 6.34. The minimum Gasteiger partial charge on any atom is -0.480 e. The Morgan fingerprint density at radius 3 is 2.60 bits per heavy atom. The highest BCUT2D eigenvalue weighted by Crippen LogP contribution is 2.32. The number of H-pyrrole nitrogens is 1. The lowest BCUT2D eigenvalue weighted by Gasteiger charge is -2.38. The maximum Gasteiger partial charge on any atom is 0.317 e. The Morgan fingerprint density at radius 1 is 1.28 bits per heavy atom. The number of carboxylic acid groups (broad SMARTS) is 1. The predicted molar refractivity (Wildman–Crippen MR) is 84.4 cm³/mol. The lowest BCUT2D eigenvalue weighted by Crippen LogP contribution is -2.45. The third-order valence-corrected chi connectivity index (χ3v) is 4.51. The molecule has 1 aromatic carbocycles. The molecule has 1 saturated heterocycles. The molecule has 25 heavy (non-hydrogen) atoms. The number of aliphatic carboxylic acids is 1. The summed E-state index contributed by atoms with van der Waals surface area (Å²) in [6.45, 7) is 0.348. The third kappa shape index (κ3) is 4.33. The van der Waals surface area contributed by atoms with E-state index in [1.807, 2.05) is 0 Å². The van der Waals surface area contributed by atoms with Crippen molar-refractivity contribution >= 4 is 5.97 Å². The first-order valence-corrected chi connectivity index (χ1v) is 8.00. The predicted octanol–water partition coefficient (Wildman–Crippen LogP) is 2.12. The van der Waals surface area contributed by atoms with Crippen LogP contribution in [0.25, 0.3) is 0 Å². The molecule has 0 aliphatic carbocycles. The first-order chi connectivity index (χ1) is 11.9. The Kier molecular flexibility index (Phi) is 4.98. The summed E-state index contributed by atoms with van der Waals surface area (Å²) in [7, 11) is 0. The van der Waals surface area contributed by atoms with E-state index in [-0.39, 0.29) is 24.1 Å². The second kappa shape index (κ2) is 7.18. The molecule has 1 aromatic heterocycles. The highest BCUT2D eigenvalue weighted by Gasteiger charge is 2.32. The van der Waals surface area contributed by atoms with Crippen molar-refractivity contribution in [3.8, 4) is 0 Å². The molecule has 0 spiro atoms. The largest absolute Gasteiger partial charge is 0.480 e. The Morgan fingerprint density at radius 2 is 2.00 bits per heavy atom. The number of hydrogen-bond acceptors (Lipinski definition) is 4. The lowest BCUT2D eigenvalue weighted by molar-refractivity contribution is -0.139. The topological polar surface area (TPSA) is 86.5 Å². The number of aromatic nitrogens is 1. The number of carboxylic acids is 1. The Bertz CT molecular complexity index is 797. The van der Waals surface area contributed by atoms with Crippen molar-refractivity contribution in [3.05, 3.63) is 57.6 Å². The lowest BCUT2D eigenvalue weighted by atomic mass is 9.86. The normalized spacial score (nSPS) is 21.4. The molecule has 2 atom stereocenters. The number of likely N-dealkylation sites (tertiary alicyclic amines) is 1. The van der Waals surface area contributed by atoms with E-state index in [2.05, 4.69) is 5.16 Å². The summed E-state index contributed by atoms with van der Waals surface area (Å²) in [4.78, 5) is 24.2. The van der Waals surface area contributed by atoms with Crippen molar-refractivity contribution in [3.63, 3.8) is 0 Å². The molecular weight excluding hydrogens is 334 g/mol. The maximum absolute atomic E-state index is 13.4. The van der Waals surface area contributed by atoms with E-state index in [9.17, 15) is 18.4 Å². The standard InChI is InChI=1S/C17H18F2N2O4/c18-12-3-10(4-13(19)7-12)5-14-6-11(15-8-16(22)20-25-15)1-2-21(14)9-17(23)24/h3-4,7-8,11,14H,1-2,5-6,9H2,(H,20,22)(H,23,24). The fourth-order valence-corrected chi connectivity index (χ4v) is 3.45. The van der Waals surface area contributed by atoms with Crippen LogP contribution in [0.3, 0.4) is 0 Å². The minimum atomic E-state index is -0.956. The first kappa shape index (κ1) is 17.3. The molecule has 1 aliphatic rings. The second-order valence-corrected chi connectivity index (χ2v) is 6.34. The van der Waals surface area contributed by atoms with Gasteiger partial charge in [-0.1, -0.05) is 0 Å². The van der Waals surface area contributed by atoms with Crippen molar-refractivity contribution in [2.24, 2.45) is 0 Å². The van der Waals surface area contributed by atoms with Crippen molar-refractivity contribution in [1.82, 2.24) is 10.1 Å². The van der Waals surface area contributed by atoms with Gasteiger partial charge in [-0.2, -0.15) is 5.16 Å². The zero-order valence-corrected chi connectivity index (χ0v) is 13.4. The van der Waals surface area contributed by atoms with E-state index in [4.69, 9.17) is 9.63 Å². The number of carbonyl (C=O) groups is 1. The van der Waals surface area contributed by atoms with Gasteiger partial charge in [-0.15, -0.1) is 0 Å². The van der Waals surface area contributed by atoms with Gasteiger partial charge in [-0.05, 0) is 43.5 Å². The molecule has 0 amide bonds. The average Bonchev–Trinajstić information content (AvgIpc) is 2.94. The number of rotatable bonds is 5. The van der Waals surface area contributed by atoms with Gasteiger partial charge in [0.2, 0.25) is 0 Å². The van der Waals surface area contributed by atoms with Gasteiger partial charge < -0.3 is 9.63 Å². The van der Waals surface area contributed by atoms with E-state index in [0.717, 1.165) is 6.07 Å². The van der Waals surface area contributed by atoms with Crippen LogP contribution in [0, 0.1) is 11.6 Å². The third-order valence-electron chi connectivity index (χ3n) is 4.51. The smallest absolute Gasteiger partial charge is 0.317 e. The molecule has 1 fully saturated rings. The summed E-state index contributed by atoms with van der Waals surface area (Å²) in [6, 6.07) is 4.47. The molecule has 3 rings (SSSR count). The Labute approximate surface area is 142 Å². The van der Waals surface area contributed by atoms with Crippen LogP contribution in [0.15, 0.2) is 33.6 Å². The fraction of sp³-hybridized carbons (Fsp3) is 0.412. The summed E-state index contributed by atoms with van der Waals surface area (Å²) < 4.78 is 32.0. The SMILES string of the molecule is O=C(O)CN1CCC(c2cc(=O)[nH]o2)CC1Cc1cc(F)cc(F)c1. The number of hydrogen-bond donors (Lipinski definition) is 2. The molecule has 2 N–H and O–H groups in total. The monoisotopic (exact) mass is 352 g/mol. The van der Waals surface area contributed by atoms with Gasteiger partial charge in [0, 0.05) is 24.1 Å².